The fourth-order valence-electron chi connectivity index (χ4n) is 5.33. The van der Waals surface area contributed by atoms with Crippen LogP contribution in [-0.2, 0) is 11.3 Å². The minimum atomic E-state index is -5.08. The van der Waals surface area contributed by atoms with Crippen molar-refractivity contribution in [2.75, 3.05) is 26.2 Å². The number of carbonyl (C=O) groups is 2. The highest BCUT2D eigenvalue weighted by atomic mass is 19.4. The molecular formula is C29H31F3N6O4. The maximum absolute atomic E-state index is 13.9. The summed E-state index contributed by atoms with van der Waals surface area (Å²) in [5.41, 5.74) is 9.17. The molecule has 3 N–H and O–H groups in total. The lowest BCUT2D eigenvalue weighted by atomic mass is 10.0. The number of carboxylic acids is 1. The average molecular weight is 585 g/mol. The first-order valence-electron chi connectivity index (χ1n) is 13.6. The van der Waals surface area contributed by atoms with Crippen LogP contribution in [0.4, 0.5) is 13.2 Å². The van der Waals surface area contributed by atoms with E-state index >= 15 is 0 Å². The highest BCUT2D eigenvalue weighted by molar-refractivity contribution is 6.06. The molecule has 222 valence electrons. The molecule has 3 aromatic heterocycles. The van der Waals surface area contributed by atoms with Gasteiger partial charge in [-0.3, -0.25) is 9.69 Å². The smallest absolute Gasteiger partial charge is 0.475 e. The normalized spacial score (nSPS) is 18.2. The van der Waals surface area contributed by atoms with Crippen LogP contribution in [0.3, 0.4) is 0 Å². The summed E-state index contributed by atoms with van der Waals surface area (Å²) in [6.07, 6.45) is 1.39. The molecular weight excluding hydrogens is 553 g/mol. The largest absolute Gasteiger partial charge is 0.490 e. The number of piperidine rings is 1. The first kappa shape index (κ1) is 29.3. The molecule has 2 aliphatic rings. The van der Waals surface area contributed by atoms with Crippen molar-refractivity contribution in [1.29, 1.82) is 0 Å². The number of carboxylic acid groups (broad SMARTS) is 1. The predicted octanol–water partition coefficient (Wildman–Crippen LogP) is 4.01. The van der Waals surface area contributed by atoms with E-state index in [0.717, 1.165) is 67.8 Å². The number of hydrogen-bond acceptors (Lipinski definition) is 7. The molecule has 1 unspecified atom stereocenters. The molecule has 5 heterocycles. The zero-order valence-corrected chi connectivity index (χ0v) is 22.7. The molecule has 0 saturated carbocycles. The van der Waals surface area contributed by atoms with Gasteiger partial charge in [0.15, 0.2) is 5.65 Å². The Morgan fingerprint density at radius 3 is 2.40 bits per heavy atom. The number of aliphatic carboxylic acids is 1. The first-order chi connectivity index (χ1) is 20.1. The van der Waals surface area contributed by atoms with E-state index in [9.17, 15) is 18.0 Å². The third-order valence-electron chi connectivity index (χ3n) is 7.58. The zero-order chi connectivity index (χ0) is 29.9. The number of furan rings is 1. The summed E-state index contributed by atoms with van der Waals surface area (Å²) in [5, 5.41) is 12.5. The summed E-state index contributed by atoms with van der Waals surface area (Å²) in [6.45, 7) is 4.00. The number of nitrogens with zero attached hydrogens (tertiary/aromatic N) is 5. The molecule has 1 amide bonds. The lowest BCUT2D eigenvalue weighted by Gasteiger charge is -2.34. The summed E-state index contributed by atoms with van der Waals surface area (Å²) >= 11 is 0. The standard InChI is InChI=1S/C27H30N6O2.C2HF3O2/c28-20-8-11-31(12-9-20)21-10-13-32(17-21)27(34)23-15-25(19-5-2-1-3-6-19)30-26-24(23)16-29-33(26)18-22-7-4-14-35-22;3-2(4,5)1(6)7/h1-7,14-16,20-21H,8-13,17-18,28H2;(H,6,7). The number of hydrogen-bond donors (Lipinski definition) is 2. The average Bonchev–Trinajstić information content (AvgIpc) is 3.75. The third-order valence-corrected chi connectivity index (χ3v) is 7.58. The summed E-state index contributed by atoms with van der Waals surface area (Å²) in [5.74, 6) is -1.92. The predicted molar refractivity (Wildman–Crippen MR) is 148 cm³/mol. The summed E-state index contributed by atoms with van der Waals surface area (Å²) in [6, 6.07) is 16.4. The van der Waals surface area contributed by atoms with Crippen LogP contribution in [0.25, 0.3) is 22.3 Å². The van der Waals surface area contributed by atoms with Crippen LogP contribution in [0.1, 0.15) is 35.4 Å². The van der Waals surface area contributed by atoms with Crippen molar-refractivity contribution in [1.82, 2.24) is 24.6 Å². The molecule has 6 rings (SSSR count). The Bertz CT molecular complexity index is 1520. The highest BCUT2D eigenvalue weighted by Gasteiger charge is 2.38. The lowest BCUT2D eigenvalue weighted by Crippen LogP contribution is -2.46. The second-order valence-electron chi connectivity index (χ2n) is 10.4. The van der Waals surface area contributed by atoms with Gasteiger partial charge in [-0.1, -0.05) is 30.3 Å². The minimum Gasteiger partial charge on any atom is -0.475 e. The van der Waals surface area contributed by atoms with Crippen LogP contribution in [0.2, 0.25) is 0 Å². The topological polar surface area (TPSA) is 131 Å². The number of pyridine rings is 1. The molecule has 1 atom stereocenters. The van der Waals surface area contributed by atoms with Gasteiger partial charge in [0.25, 0.3) is 5.91 Å². The van der Waals surface area contributed by atoms with E-state index in [2.05, 4.69) is 10.00 Å². The van der Waals surface area contributed by atoms with Gasteiger partial charge in [-0.2, -0.15) is 18.3 Å². The number of alkyl halides is 3. The summed E-state index contributed by atoms with van der Waals surface area (Å²) in [4.78, 5) is 32.2. The number of nitrogens with two attached hydrogens (primary N) is 1. The van der Waals surface area contributed by atoms with Crippen molar-refractivity contribution in [2.24, 2.45) is 5.73 Å². The Hall–Kier alpha value is -4.23. The monoisotopic (exact) mass is 584 g/mol. The van der Waals surface area contributed by atoms with Gasteiger partial charge in [0.05, 0.1) is 29.1 Å². The van der Waals surface area contributed by atoms with Gasteiger partial charge in [0.1, 0.15) is 12.3 Å². The van der Waals surface area contributed by atoms with Crippen molar-refractivity contribution < 1.29 is 32.3 Å². The van der Waals surface area contributed by atoms with Gasteiger partial charge in [0, 0.05) is 30.7 Å². The highest BCUT2D eigenvalue weighted by Crippen LogP contribution is 2.28. The van der Waals surface area contributed by atoms with E-state index in [-0.39, 0.29) is 5.91 Å². The molecule has 4 aromatic rings. The molecule has 2 fully saturated rings. The van der Waals surface area contributed by atoms with Crippen LogP contribution in [-0.4, -0.2) is 86.0 Å². The van der Waals surface area contributed by atoms with E-state index in [1.807, 2.05) is 53.4 Å². The van der Waals surface area contributed by atoms with Crippen molar-refractivity contribution in [3.05, 3.63) is 72.3 Å². The fourth-order valence-corrected chi connectivity index (χ4v) is 5.33. The van der Waals surface area contributed by atoms with E-state index in [1.165, 1.54) is 0 Å². The number of aromatic nitrogens is 3. The molecule has 0 aliphatic carbocycles. The number of halogens is 3. The number of carbonyl (C=O) groups excluding carboxylic acids is 1. The summed E-state index contributed by atoms with van der Waals surface area (Å²) in [7, 11) is 0. The summed E-state index contributed by atoms with van der Waals surface area (Å²) < 4.78 is 39.1. The van der Waals surface area contributed by atoms with Gasteiger partial charge < -0.3 is 20.2 Å². The van der Waals surface area contributed by atoms with Crippen molar-refractivity contribution in [3.8, 4) is 11.3 Å². The molecule has 0 radical (unpaired) electrons. The van der Waals surface area contributed by atoms with Gasteiger partial charge in [-0.05, 0) is 50.6 Å². The molecule has 13 heteroatoms. The number of fused-ring (bicyclic) bond motifs is 1. The van der Waals surface area contributed by atoms with Gasteiger partial charge in [-0.15, -0.1) is 0 Å². The molecule has 0 bridgehead atoms. The van der Waals surface area contributed by atoms with Gasteiger partial charge >= 0.3 is 12.1 Å². The number of rotatable bonds is 5. The molecule has 2 aliphatic heterocycles. The zero-order valence-electron chi connectivity index (χ0n) is 22.7. The fraction of sp³-hybridized carbons (Fsp3) is 0.379. The molecule has 1 aromatic carbocycles. The Labute approximate surface area is 239 Å². The Morgan fingerprint density at radius 2 is 1.76 bits per heavy atom. The maximum Gasteiger partial charge on any atom is 0.490 e. The molecule has 10 nitrogen and oxygen atoms in total. The number of likely N-dealkylation sites (tertiary alicyclic amines) is 2. The SMILES string of the molecule is NC1CCN(C2CCN(C(=O)c3cc(-c4ccccc4)nc4c3cnn4Cc3ccco3)C2)CC1.O=C(O)C(F)(F)F. The van der Waals surface area contributed by atoms with Crippen LogP contribution < -0.4 is 5.73 Å². The van der Waals surface area contributed by atoms with Crippen LogP contribution in [0, 0.1) is 0 Å². The van der Waals surface area contributed by atoms with E-state index in [1.54, 1.807) is 17.1 Å². The Balaban J connectivity index is 0.000000451. The molecule has 42 heavy (non-hydrogen) atoms. The second-order valence-corrected chi connectivity index (χ2v) is 10.4. The van der Waals surface area contributed by atoms with E-state index in [4.69, 9.17) is 25.0 Å². The quantitative estimate of drug-likeness (QED) is 0.360. The van der Waals surface area contributed by atoms with Gasteiger partial charge in [-0.25, -0.2) is 14.5 Å². The van der Waals surface area contributed by atoms with Crippen LogP contribution >= 0.6 is 0 Å². The Morgan fingerprint density at radius 1 is 1.05 bits per heavy atom. The van der Waals surface area contributed by atoms with Crippen molar-refractivity contribution in [2.45, 2.75) is 44.1 Å². The third kappa shape index (κ3) is 6.63. The molecule has 0 spiro atoms. The number of benzene rings is 1. The number of amides is 1. The lowest BCUT2D eigenvalue weighted by molar-refractivity contribution is -0.192. The maximum atomic E-state index is 13.9. The van der Waals surface area contributed by atoms with Crippen molar-refractivity contribution in [3.63, 3.8) is 0 Å². The minimum absolute atomic E-state index is 0.0448. The van der Waals surface area contributed by atoms with Gasteiger partial charge in [0.2, 0.25) is 0 Å². The Kier molecular flexibility index (Phi) is 8.59. The van der Waals surface area contributed by atoms with Crippen LogP contribution in [0.5, 0.6) is 0 Å². The van der Waals surface area contributed by atoms with Crippen LogP contribution in [0.15, 0.2) is 65.4 Å². The second kappa shape index (κ2) is 12.3. The van der Waals surface area contributed by atoms with E-state index in [0.29, 0.717) is 29.8 Å². The molecule has 2 saturated heterocycles. The van der Waals surface area contributed by atoms with E-state index < -0.39 is 12.1 Å². The van der Waals surface area contributed by atoms with Crippen molar-refractivity contribution >= 4 is 22.9 Å². The first-order valence-corrected chi connectivity index (χ1v) is 13.6.